The first kappa shape index (κ1) is 9.93. The number of rotatable bonds is 2. The third kappa shape index (κ3) is 1.78. The molecule has 1 unspecified atom stereocenters. The minimum Gasteiger partial charge on any atom is -0.377 e. The standard InChI is InChI=1S/C12H13NO2/c1-9-8-11(15-13-9)12(2,14)10-6-4-3-5-7-10/h3-8,14H,1-2H3. The molecule has 1 atom stereocenters. The summed E-state index contributed by atoms with van der Waals surface area (Å²) in [6, 6.07) is 11.1. The second-order valence-corrected chi connectivity index (χ2v) is 3.77. The third-order valence-electron chi connectivity index (χ3n) is 2.44. The van der Waals surface area contributed by atoms with Crippen LogP contribution in [0, 0.1) is 6.92 Å². The maximum Gasteiger partial charge on any atom is 0.172 e. The fourth-order valence-corrected chi connectivity index (χ4v) is 1.50. The molecule has 0 spiro atoms. The number of nitrogens with zero attached hydrogens (tertiary/aromatic N) is 1. The summed E-state index contributed by atoms with van der Waals surface area (Å²) in [5, 5.41) is 14.1. The monoisotopic (exact) mass is 203 g/mol. The van der Waals surface area contributed by atoms with Gasteiger partial charge in [0.25, 0.3) is 0 Å². The topological polar surface area (TPSA) is 46.3 Å². The molecule has 1 aromatic carbocycles. The zero-order valence-electron chi connectivity index (χ0n) is 8.77. The minimum absolute atomic E-state index is 0.464. The van der Waals surface area contributed by atoms with Crippen molar-refractivity contribution in [2.45, 2.75) is 19.4 Å². The summed E-state index contributed by atoms with van der Waals surface area (Å²) in [7, 11) is 0. The smallest absolute Gasteiger partial charge is 0.172 e. The first-order chi connectivity index (χ1) is 7.10. The van der Waals surface area contributed by atoms with Crippen LogP contribution in [0.25, 0.3) is 0 Å². The lowest BCUT2D eigenvalue weighted by Gasteiger charge is -2.19. The highest BCUT2D eigenvalue weighted by Crippen LogP contribution is 2.28. The van der Waals surface area contributed by atoms with E-state index in [1.165, 1.54) is 0 Å². The number of aromatic nitrogens is 1. The Morgan fingerprint density at radius 3 is 2.47 bits per heavy atom. The Hall–Kier alpha value is -1.61. The van der Waals surface area contributed by atoms with E-state index < -0.39 is 5.60 Å². The summed E-state index contributed by atoms with van der Waals surface area (Å²) in [5.41, 5.74) is 0.435. The van der Waals surface area contributed by atoms with Crippen molar-refractivity contribution in [2.75, 3.05) is 0 Å². The van der Waals surface area contributed by atoms with E-state index in [0.29, 0.717) is 5.76 Å². The fourth-order valence-electron chi connectivity index (χ4n) is 1.50. The third-order valence-corrected chi connectivity index (χ3v) is 2.44. The molecule has 0 fully saturated rings. The van der Waals surface area contributed by atoms with Crippen LogP contribution >= 0.6 is 0 Å². The van der Waals surface area contributed by atoms with Crippen molar-refractivity contribution in [1.82, 2.24) is 5.16 Å². The molecule has 78 valence electrons. The minimum atomic E-state index is -1.12. The van der Waals surface area contributed by atoms with Crippen molar-refractivity contribution in [1.29, 1.82) is 0 Å². The van der Waals surface area contributed by atoms with Crippen molar-refractivity contribution < 1.29 is 9.63 Å². The second-order valence-electron chi connectivity index (χ2n) is 3.77. The Kier molecular flexibility index (Phi) is 2.32. The quantitative estimate of drug-likeness (QED) is 0.814. The molecule has 2 aromatic rings. The molecular formula is C12H13NO2. The van der Waals surface area contributed by atoms with Gasteiger partial charge in [-0.25, -0.2) is 0 Å². The number of hydrogen-bond acceptors (Lipinski definition) is 3. The zero-order chi connectivity index (χ0) is 10.9. The van der Waals surface area contributed by atoms with Crippen LogP contribution in [-0.4, -0.2) is 10.3 Å². The molecule has 0 saturated heterocycles. The van der Waals surface area contributed by atoms with Gasteiger partial charge in [0.05, 0.1) is 5.69 Å². The van der Waals surface area contributed by atoms with Crippen LogP contribution in [0.3, 0.4) is 0 Å². The summed E-state index contributed by atoms with van der Waals surface area (Å²) in [4.78, 5) is 0. The van der Waals surface area contributed by atoms with Crippen LogP contribution in [0.5, 0.6) is 0 Å². The van der Waals surface area contributed by atoms with Crippen LogP contribution < -0.4 is 0 Å². The van der Waals surface area contributed by atoms with Gasteiger partial charge in [-0.3, -0.25) is 0 Å². The van der Waals surface area contributed by atoms with Crippen LogP contribution in [-0.2, 0) is 5.60 Å². The lowest BCUT2D eigenvalue weighted by atomic mass is 9.93. The predicted molar refractivity (Wildman–Crippen MR) is 56.4 cm³/mol. The van der Waals surface area contributed by atoms with Crippen LogP contribution in [0.4, 0.5) is 0 Å². The maximum atomic E-state index is 10.3. The molecule has 0 radical (unpaired) electrons. The molecule has 1 heterocycles. The SMILES string of the molecule is Cc1cc(C(C)(O)c2ccccc2)on1. The Bertz CT molecular complexity index is 446. The Balaban J connectivity index is 2.43. The van der Waals surface area contributed by atoms with Crippen molar-refractivity contribution in [3.8, 4) is 0 Å². The number of hydrogen-bond donors (Lipinski definition) is 1. The first-order valence-corrected chi connectivity index (χ1v) is 4.82. The number of aliphatic hydroxyl groups is 1. The summed E-state index contributed by atoms with van der Waals surface area (Å²) >= 11 is 0. The van der Waals surface area contributed by atoms with E-state index in [0.717, 1.165) is 11.3 Å². The van der Waals surface area contributed by atoms with Crippen LogP contribution in [0.15, 0.2) is 40.9 Å². The lowest BCUT2D eigenvalue weighted by molar-refractivity contribution is 0.0693. The van der Waals surface area contributed by atoms with Gasteiger partial charge in [-0.05, 0) is 19.4 Å². The fraction of sp³-hybridized carbons (Fsp3) is 0.250. The van der Waals surface area contributed by atoms with Gasteiger partial charge in [0.2, 0.25) is 0 Å². The summed E-state index contributed by atoms with van der Waals surface area (Å²) in [6.45, 7) is 3.52. The average Bonchev–Trinajstić information content (AvgIpc) is 2.67. The highest BCUT2D eigenvalue weighted by Gasteiger charge is 2.29. The molecule has 0 aliphatic rings. The van der Waals surface area contributed by atoms with Crippen molar-refractivity contribution in [2.24, 2.45) is 0 Å². The van der Waals surface area contributed by atoms with Crippen LogP contribution in [0.2, 0.25) is 0 Å². The summed E-state index contributed by atoms with van der Waals surface area (Å²) < 4.78 is 5.08. The first-order valence-electron chi connectivity index (χ1n) is 4.82. The predicted octanol–water partition coefficient (Wildman–Crippen LogP) is 2.24. The lowest BCUT2D eigenvalue weighted by Crippen LogP contribution is -2.21. The van der Waals surface area contributed by atoms with E-state index in [2.05, 4.69) is 5.16 Å². The van der Waals surface area contributed by atoms with Gasteiger partial charge in [-0.15, -0.1) is 0 Å². The van der Waals surface area contributed by atoms with Crippen molar-refractivity contribution in [3.05, 3.63) is 53.4 Å². The van der Waals surface area contributed by atoms with E-state index in [4.69, 9.17) is 4.52 Å². The molecule has 0 saturated carbocycles. The molecule has 1 N–H and O–H groups in total. The molecule has 3 nitrogen and oxygen atoms in total. The van der Waals surface area contributed by atoms with E-state index >= 15 is 0 Å². The molecule has 1 aromatic heterocycles. The van der Waals surface area contributed by atoms with Gasteiger partial charge in [0.15, 0.2) is 5.76 Å². The van der Waals surface area contributed by atoms with Gasteiger partial charge in [-0.2, -0.15) is 0 Å². The normalized spacial score (nSPS) is 14.9. The van der Waals surface area contributed by atoms with Crippen LogP contribution in [0.1, 0.15) is 23.9 Å². The van der Waals surface area contributed by atoms with Gasteiger partial charge in [0, 0.05) is 6.07 Å². The number of aryl methyl sites for hydroxylation is 1. The maximum absolute atomic E-state index is 10.3. The largest absolute Gasteiger partial charge is 0.377 e. The summed E-state index contributed by atoms with van der Waals surface area (Å²) in [6.07, 6.45) is 0. The van der Waals surface area contributed by atoms with E-state index in [1.807, 2.05) is 37.3 Å². The Morgan fingerprint density at radius 1 is 1.27 bits per heavy atom. The van der Waals surface area contributed by atoms with Gasteiger partial charge >= 0.3 is 0 Å². The van der Waals surface area contributed by atoms with Gasteiger partial charge in [-0.1, -0.05) is 35.5 Å². The molecular weight excluding hydrogens is 190 g/mol. The molecule has 0 aliphatic carbocycles. The summed E-state index contributed by atoms with van der Waals surface area (Å²) in [5.74, 6) is 0.464. The highest BCUT2D eigenvalue weighted by atomic mass is 16.5. The highest BCUT2D eigenvalue weighted by molar-refractivity contribution is 5.29. The molecule has 0 bridgehead atoms. The van der Waals surface area contributed by atoms with Crippen molar-refractivity contribution >= 4 is 0 Å². The van der Waals surface area contributed by atoms with E-state index in [-0.39, 0.29) is 0 Å². The van der Waals surface area contributed by atoms with Gasteiger partial charge in [0.1, 0.15) is 5.60 Å². The average molecular weight is 203 g/mol. The van der Waals surface area contributed by atoms with E-state index in [9.17, 15) is 5.11 Å². The molecule has 15 heavy (non-hydrogen) atoms. The molecule has 0 amide bonds. The number of benzene rings is 1. The molecule has 3 heteroatoms. The Morgan fingerprint density at radius 2 is 1.93 bits per heavy atom. The second kappa shape index (κ2) is 3.51. The molecule has 0 aliphatic heterocycles. The Labute approximate surface area is 88.3 Å². The molecule has 2 rings (SSSR count). The van der Waals surface area contributed by atoms with Gasteiger partial charge < -0.3 is 9.63 Å². The van der Waals surface area contributed by atoms with E-state index in [1.54, 1.807) is 13.0 Å². The zero-order valence-corrected chi connectivity index (χ0v) is 8.77. The van der Waals surface area contributed by atoms with Crippen molar-refractivity contribution in [3.63, 3.8) is 0 Å².